The number of hydrogen-bond acceptors (Lipinski definition) is 6. The van der Waals surface area contributed by atoms with Crippen molar-refractivity contribution < 1.29 is 14.0 Å². The Morgan fingerprint density at radius 2 is 2.00 bits per heavy atom. The molecule has 0 aromatic carbocycles. The Kier molecular flexibility index (Phi) is 6.05. The van der Waals surface area contributed by atoms with Gasteiger partial charge in [0.2, 0.25) is 0 Å². The largest absolute Gasteiger partial charge is 0.459 e. The summed E-state index contributed by atoms with van der Waals surface area (Å²) in [5, 5.41) is 2.89. The Labute approximate surface area is 158 Å². The van der Waals surface area contributed by atoms with E-state index in [-0.39, 0.29) is 11.8 Å². The maximum Gasteiger partial charge on any atom is 0.289 e. The van der Waals surface area contributed by atoms with Gasteiger partial charge in [0.25, 0.3) is 11.8 Å². The van der Waals surface area contributed by atoms with Gasteiger partial charge >= 0.3 is 0 Å². The van der Waals surface area contributed by atoms with Crippen LogP contribution in [0.1, 0.15) is 41.3 Å². The molecular formula is C19H25N5O3. The van der Waals surface area contributed by atoms with Crippen LogP contribution in [0.3, 0.4) is 0 Å². The van der Waals surface area contributed by atoms with Crippen LogP contribution in [0.2, 0.25) is 0 Å². The van der Waals surface area contributed by atoms with Gasteiger partial charge in [0.1, 0.15) is 17.8 Å². The molecule has 0 bridgehead atoms. The number of hydrogen-bond donors (Lipinski definition) is 1. The van der Waals surface area contributed by atoms with Gasteiger partial charge in [-0.2, -0.15) is 0 Å². The third-order valence-electron chi connectivity index (χ3n) is 4.52. The molecule has 27 heavy (non-hydrogen) atoms. The van der Waals surface area contributed by atoms with Crippen LogP contribution < -0.4 is 10.2 Å². The zero-order valence-electron chi connectivity index (χ0n) is 15.7. The number of rotatable bonds is 6. The SMILES string of the molecule is CC(C)CCNC(=O)c1cc(N2CCN(C(=O)c3ccco3)CC2)ncn1. The number of aromatic nitrogens is 2. The predicted molar refractivity (Wildman–Crippen MR) is 101 cm³/mol. The first-order valence-corrected chi connectivity index (χ1v) is 9.22. The molecule has 1 N–H and O–H groups in total. The number of nitrogens with one attached hydrogen (secondary N) is 1. The monoisotopic (exact) mass is 371 g/mol. The fraction of sp³-hybridized carbons (Fsp3) is 0.474. The van der Waals surface area contributed by atoms with E-state index in [0.717, 1.165) is 6.42 Å². The smallest absolute Gasteiger partial charge is 0.289 e. The van der Waals surface area contributed by atoms with Gasteiger partial charge in [-0.05, 0) is 24.5 Å². The summed E-state index contributed by atoms with van der Waals surface area (Å²) in [5.74, 6) is 1.29. The van der Waals surface area contributed by atoms with Gasteiger partial charge in [0.05, 0.1) is 6.26 Å². The minimum atomic E-state index is -0.189. The van der Waals surface area contributed by atoms with Crippen LogP contribution in [-0.2, 0) is 0 Å². The molecule has 8 heteroatoms. The second-order valence-electron chi connectivity index (χ2n) is 6.96. The molecular weight excluding hydrogens is 346 g/mol. The highest BCUT2D eigenvalue weighted by molar-refractivity contribution is 5.93. The van der Waals surface area contributed by atoms with Gasteiger partial charge in [-0.3, -0.25) is 9.59 Å². The van der Waals surface area contributed by atoms with Crippen LogP contribution in [0.4, 0.5) is 5.82 Å². The van der Waals surface area contributed by atoms with Crippen molar-refractivity contribution in [1.82, 2.24) is 20.2 Å². The number of amides is 2. The molecule has 2 amide bonds. The van der Waals surface area contributed by atoms with Crippen molar-refractivity contribution in [1.29, 1.82) is 0 Å². The summed E-state index contributed by atoms with van der Waals surface area (Å²) in [6, 6.07) is 5.08. The van der Waals surface area contributed by atoms with E-state index >= 15 is 0 Å². The highest BCUT2D eigenvalue weighted by Crippen LogP contribution is 2.16. The van der Waals surface area contributed by atoms with E-state index in [4.69, 9.17) is 4.42 Å². The molecule has 144 valence electrons. The van der Waals surface area contributed by atoms with Crippen molar-refractivity contribution in [3.8, 4) is 0 Å². The number of carbonyl (C=O) groups excluding carboxylic acids is 2. The van der Waals surface area contributed by atoms with Crippen molar-refractivity contribution in [3.05, 3.63) is 42.2 Å². The molecule has 1 saturated heterocycles. The molecule has 0 atom stereocenters. The van der Waals surface area contributed by atoms with Crippen LogP contribution in [0.15, 0.2) is 35.2 Å². The highest BCUT2D eigenvalue weighted by atomic mass is 16.3. The second-order valence-corrected chi connectivity index (χ2v) is 6.96. The van der Waals surface area contributed by atoms with Gasteiger partial charge in [0.15, 0.2) is 5.76 Å². The molecule has 1 aliphatic rings. The zero-order chi connectivity index (χ0) is 19.2. The van der Waals surface area contributed by atoms with E-state index < -0.39 is 0 Å². The van der Waals surface area contributed by atoms with E-state index in [1.807, 2.05) is 0 Å². The quantitative estimate of drug-likeness (QED) is 0.833. The van der Waals surface area contributed by atoms with Crippen LogP contribution in [0, 0.1) is 5.92 Å². The molecule has 0 spiro atoms. The van der Waals surface area contributed by atoms with Crippen LogP contribution in [-0.4, -0.2) is 59.4 Å². The summed E-state index contributed by atoms with van der Waals surface area (Å²) >= 11 is 0. The Bertz CT molecular complexity index is 767. The van der Waals surface area contributed by atoms with Crippen molar-refractivity contribution in [2.75, 3.05) is 37.6 Å². The molecule has 0 radical (unpaired) electrons. The third-order valence-corrected chi connectivity index (χ3v) is 4.52. The summed E-state index contributed by atoms with van der Waals surface area (Å²) in [5.41, 5.74) is 0.359. The van der Waals surface area contributed by atoms with Crippen molar-refractivity contribution in [3.63, 3.8) is 0 Å². The maximum atomic E-state index is 12.3. The Morgan fingerprint density at radius 1 is 1.22 bits per heavy atom. The standard InChI is InChI=1S/C19H25N5O3/c1-14(2)5-6-20-18(25)15-12-17(22-13-21-15)23-7-9-24(10-8-23)19(26)16-4-3-11-27-16/h3-4,11-14H,5-10H2,1-2H3,(H,20,25). The molecule has 1 aliphatic heterocycles. The average Bonchev–Trinajstić information content (AvgIpc) is 3.22. The fourth-order valence-electron chi connectivity index (χ4n) is 2.90. The number of anilines is 1. The first-order valence-electron chi connectivity index (χ1n) is 9.22. The van der Waals surface area contributed by atoms with Crippen LogP contribution in [0.5, 0.6) is 0 Å². The summed E-state index contributed by atoms with van der Waals surface area (Å²) in [6.45, 7) is 7.27. The first kappa shape index (κ1) is 18.9. The molecule has 2 aromatic rings. The Hall–Kier alpha value is -2.90. The lowest BCUT2D eigenvalue weighted by atomic mass is 10.1. The Balaban J connectivity index is 1.56. The lowest BCUT2D eigenvalue weighted by Crippen LogP contribution is -2.49. The van der Waals surface area contributed by atoms with Gasteiger partial charge in [0, 0.05) is 38.8 Å². The van der Waals surface area contributed by atoms with Gasteiger partial charge in [-0.1, -0.05) is 13.8 Å². The van der Waals surface area contributed by atoms with Crippen molar-refractivity contribution in [2.24, 2.45) is 5.92 Å². The van der Waals surface area contributed by atoms with E-state index in [9.17, 15) is 9.59 Å². The molecule has 0 unspecified atom stereocenters. The molecule has 8 nitrogen and oxygen atoms in total. The normalized spacial score (nSPS) is 14.5. The molecule has 1 fully saturated rings. The summed E-state index contributed by atoms with van der Waals surface area (Å²) in [4.78, 5) is 36.8. The second kappa shape index (κ2) is 8.66. The lowest BCUT2D eigenvalue weighted by molar-refractivity contribution is 0.0714. The maximum absolute atomic E-state index is 12.3. The zero-order valence-corrected chi connectivity index (χ0v) is 15.7. The number of nitrogens with zero attached hydrogens (tertiary/aromatic N) is 4. The number of piperazine rings is 1. The fourth-order valence-corrected chi connectivity index (χ4v) is 2.90. The molecule has 0 aliphatic carbocycles. The van der Waals surface area contributed by atoms with Crippen molar-refractivity contribution in [2.45, 2.75) is 20.3 Å². The Morgan fingerprint density at radius 3 is 2.67 bits per heavy atom. The van der Waals surface area contributed by atoms with E-state index in [0.29, 0.717) is 55.9 Å². The lowest BCUT2D eigenvalue weighted by Gasteiger charge is -2.35. The topological polar surface area (TPSA) is 91.6 Å². The highest BCUT2D eigenvalue weighted by Gasteiger charge is 2.24. The number of carbonyl (C=O) groups is 2. The van der Waals surface area contributed by atoms with Crippen LogP contribution >= 0.6 is 0 Å². The third kappa shape index (κ3) is 4.84. The predicted octanol–water partition coefficient (Wildman–Crippen LogP) is 1.81. The minimum Gasteiger partial charge on any atom is -0.459 e. The molecule has 2 aromatic heterocycles. The first-order chi connectivity index (χ1) is 13.0. The molecule has 3 rings (SSSR count). The van der Waals surface area contributed by atoms with E-state index in [1.165, 1.54) is 12.6 Å². The van der Waals surface area contributed by atoms with E-state index in [2.05, 4.69) is 34.0 Å². The van der Waals surface area contributed by atoms with Crippen molar-refractivity contribution >= 4 is 17.6 Å². The number of furan rings is 1. The van der Waals surface area contributed by atoms with Crippen LogP contribution in [0.25, 0.3) is 0 Å². The van der Waals surface area contributed by atoms with E-state index in [1.54, 1.807) is 23.1 Å². The average molecular weight is 371 g/mol. The summed E-state index contributed by atoms with van der Waals surface area (Å²) < 4.78 is 5.18. The minimum absolute atomic E-state index is 0.104. The molecule has 0 saturated carbocycles. The van der Waals surface area contributed by atoms with Gasteiger partial charge in [-0.15, -0.1) is 0 Å². The van der Waals surface area contributed by atoms with Gasteiger partial charge in [-0.25, -0.2) is 9.97 Å². The molecule has 3 heterocycles. The summed E-state index contributed by atoms with van der Waals surface area (Å²) in [7, 11) is 0. The van der Waals surface area contributed by atoms with Gasteiger partial charge < -0.3 is 19.5 Å². The summed E-state index contributed by atoms with van der Waals surface area (Å²) in [6.07, 6.45) is 3.83.